The van der Waals surface area contributed by atoms with Crippen molar-refractivity contribution in [2.24, 2.45) is 5.92 Å². The molecule has 0 aliphatic carbocycles. The molecule has 4 rings (SSSR count). The fraction of sp³-hybridized carbons (Fsp3) is 0.360. The van der Waals surface area contributed by atoms with E-state index in [-0.39, 0.29) is 5.91 Å². The van der Waals surface area contributed by atoms with Crippen molar-refractivity contribution < 1.29 is 14.3 Å². The van der Waals surface area contributed by atoms with E-state index in [1.54, 1.807) is 4.90 Å². The van der Waals surface area contributed by atoms with Crippen molar-refractivity contribution in [3.8, 4) is 22.9 Å². The SMILES string of the molecule is CCOc1ccccc1C1Oc2nc(SCC(C)C)nnc2-c2ccccc2N1C(=O)CC. The van der Waals surface area contributed by atoms with Crippen LogP contribution in [0, 0.1) is 5.92 Å². The maximum Gasteiger partial charge on any atom is 0.247 e. The minimum Gasteiger partial charge on any atom is -0.493 e. The van der Waals surface area contributed by atoms with Crippen molar-refractivity contribution in [2.75, 3.05) is 17.3 Å². The number of fused-ring (bicyclic) bond motifs is 3. The number of amides is 1. The number of rotatable bonds is 7. The summed E-state index contributed by atoms with van der Waals surface area (Å²) >= 11 is 1.54. The number of thioether (sulfide) groups is 1. The van der Waals surface area contributed by atoms with Crippen LogP contribution in [0.25, 0.3) is 11.3 Å². The highest BCUT2D eigenvalue weighted by atomic mass is 32.2. The van der Waals surface area contributed by atoms with Crippen molar-refractivity contribution in [1.29, 1.82) is 0 Å². The van der Waals surface area contributed by atoms with Crippen molar-refractivity contribution in [3.05, 3.63) is 54.1 Å². The second-order valence-corrected chi connectivity index (χ2v) is 9.02. The molecule has 3 aromatic rings. The number of aromatic nitrogens is 3. The van der Waals surface area contributed by atoms with Gasteiger partial charge in [-0.2, -0.15) is 4.98 Å². The van der Waals surface area contributed by atoms with Gasteiger partial charge in [-0.3, -0.25) is 9.69 Å². The number of hydrogen-bond acceptors (Lipinski definition) is 7. The molecule has 1 aromatic heterocycles. The summed E-state index contributed by atoms with van der Waals surface area (Å²) < 4.78 is 12.4. The third-order valence-corrected chi connectivity index (χ3v) is 6.38. The molecule has 1 aliphatic rings. The van der Waals surface area contributed by atoms with Crippen molar-refractivity contribution in [2.45, 2.75) is 45.5 Å². The van der Waals surface area contributed by atoms with Gasteiger partial charge in [0.1, 0.15) is 5.75 Å². The van der Waals surface area contributed by atoms with Gasteiger partial charge < -0.3 is 9.47 Å². The second-order valence-electron chi connectivity index (χ2n) is 8.03. The molecular formula is C25H28N4O3S. The van der Waals surface area contributed by atoms with Gasteiger partial charge in [0, 0.05) is 17.7 Å². The van der Waals surface area contributed by atoms with Crippen LogP contribution in [0.3, 0.4) is 0 Å². The summed E-state index contributed by atoms with van der Waals surface area (Å²) in [7, 11) is 0. The molecule has 0 saturated carbocycles. The number of carbonyl (C=O) groups excluding carboxylic acids is 1. The first-order chi connectivity index (χ1) is 16.0. The van der Waals surface area contributed by atoms with Gasteiger partial charge >= 0.3 is 0 Å². The normalized spacial score (nSPS) is 14.8. The molecule has 1 amide bonds. The van der Waals surface area contributed by atoms with Gasteiger partial charge in [-0.25, -0.2) is 0 Å². The molecule has 7 nitrogen and oxygen atoms in total. The lowest BCUT2D eigenvalue weighted by Gasteiger charge is -2.31. The first-order valence-electron chi connectivity index (χ1n) is 11.2. The Morgan fingerprint density at radius 2 is 1.88 bits per heavy atom. The zero-order valence-electron chi connectivity index (χ0n) is 19.3. The summed E-state index contributed by atoms with van der Waals surface area (Å²) in [6.45, 7) is 8.56. The third kappa shape index (κ3) is 4.80. The predicted molar refractivity (Wildman–Crippen MR) is 130 cm³/mol. The monoisotopic (exact) mass is 464 g/mol. The number of carbonyl (C=O) groups is 1. The van der Waals surface area contributed by atoms with E-state index in [2.05, 4.69) is 24.0 Å². The third-order valence-electron chi connectivity index (χ3n) is 5.11. The molecular weight excluding hydrogens is 436 g/mol. The summed E-state index contributed by atoms with van der Waals surface area (Å²) in [4.78, 5) is 19.7. The molecule has 0 N–H and O–H groups in total. The molecule has 0 fully saturated rings. The first kappa shape index (κ1) is 23.0. The van der Waals surface area contributed by atoms with Gasteiger partial charge in [-0.1, -0.05) is 62.9 Å². The lowest BCUT2D eigenvalue weighted by molar-refractivity contribution is -0.120. The average Bonchev–Trinajstić information content (AvgIpc) is 2.97. The minimum absolute atomic E-state index is 0.0751. The van der Waals surface area contributed by atoms with Crippen LogP contribution in [0.4, 0.5) is 5.69 Å². The Bertz CT molecular complexity index is 1140. The van der Waals surface area contributed by atoms with Crippen LogP contribution in [0.2, 0.25) is 0 Å². The summed E-state index contributed by atoms with van der Waals surface area (Å²) in [5.41, 5.74) is 2.73. The zero-order chi connectivity index (χ0) is 23.4. The number of para-hydroxylation sites is 2. The molecule has 1 atom stereocenters. The molecule has 0 bridgehead atoms. The second kappa shape index (κ2) is 10.2. The number of benzene rings is 2. The molecule has 8 heteroatoms. The van der Waals surface area contributed by atoms with E-state index in [1.165, 1.54) is 11.8 Å². The molecule has 1 aliphatic heterocycles. The standard InChI is InChI=1S/C25H28N4O3S/c1-5-21(30)29-19-13-9-7-11-17(19)22-23(26-25(28-27-22)33-15-16(3)4)32-24(29)18-12-8-10-14-20(18)31-6-2/h7-14,16,24H,5-6,15H2,1-4H3. The van der Waals surface area contributed by atoms with E-state index in [9.17, 15) is 4.79 Å². The Hall–Kier alpha value is -3.13. The fourth-order valence-corrected chi connectivity index (χ4v) is 4.36. The van der Waals surface area contributed by atoms with Crippen LogP contribution in [0.15, 0.2) is 53.7 Å². The lowest BCUT2D eigenvalue weighted by atomic mass is 10.1. The van der Waals surface area contributed by atoms with E-state index >= 15 is 0 Å². The molecule has 1 unspecified atom stereocenters. The number of anilines is 1. The highest BCUT2D eigenvalue weighted by Crippen LogP contribution is 2.45. The molecule has 2 aromatic carbocycles. The Morgan fingerprint density at radius 3 is 2.64 bits per heavy atom. The van der Waals surface area contributed by atoms with E-state index in [1.807, 2.05) is 62.4 Å². The lowest BCUT2D eigenvalue weighted by Crippen LogP contribution is -2.37. The Kier molecular flexibility index (Phi) is 7.13. The zero-order valence-corrected chi connectivity index (χ0v) is 20.1. The average molecular weight is 465 g/mol. The Morgan fingerprint density at radius 1 is 1.12 bits per heavy atom. The number of ether oxygens (including phenoxy) is 2. The topological polar surface area (TPSA) is 77.4 Å². The maximum absolute atomic E-state index is 13.3. The highest BCUT2D eigenvalue weighted by Gasteiger charge is 2.36. The summed E-state index contributed by atoms with van der Waals surface area (Å²) in [6.07, 6.45) is -0.446. The highest BCUT2D eigenvalue weighted by molar-refractivity contribution is 7.99. The Balaban J connectivity index is 1.90. The predicted octanol–water partition coefficient (Wildman–Crippen LogP) is 5.52. The van der Waals surface area contributed by atoms with Crippen LogP contribution in [-0.2, 0) is 4.79 Å². The molecule has 0 radical (unpaired) electrons. The fourth-order valence-electron chi connectivity index (χ4n) is 3.63. The van der Waals surface area contributed by atoms with E-state index < -0.39 is 6.23 Å². The minimum atomic E-state index is -0.762. The van der Waals surface area contributed by atoms with Gasteiger partial charge in [-0.15, -0.1) is 10.2 Å². The van der Waals surface area contributed by atoms with Gasteiger partial charge in [0.25, 0.3) is 0 Å². The van der Waals surface area contributed by atoms with Crippen molar-refractivity contribution in [1.82, 2.24) is 15.2 Å². The van der Waals surface area contributed by atoms with Crippen molar-refractivity contribution in [3.63, 3.8) is 0 Å². The van der Waals surface area contributed by atoms with E-state index in [4.69, 9.17) is 14.5 Å². The van der Waals surface area contributed by atoms with Gasteiger partial charge in [0.15, 0.2) is 5.69 Å². The summed E-state index contributed by atoms with van der Waals surface area (Å²) in [6, 6.07) is 15.3. The quantitative estimate of drug-likeness (QED) is 0.426. The van der Waals surface area contributed by atoms with E-state index in [0.29, 0.717) is 47.1 Å². The van der Waals surface area contributed by atoms with Gasteiger partial charge in [-0.05, 0) is 31.0 Å². The van der Waals surface area contributed by atoms with Crippen LogP contribution in [0.5, 0.6) is 11.6 Å². The summed E-state index contributed by atoms with van der Waals surface area (Å²) in [5.74, 6) is 2.30. The smallest absolute Gasteiger partial charge is 0.247 e. The van der Waals surface area contributed by atoms with Crippen LogP contribution < -0.4 is 14.4 Å². The van der Waals surface area contributed by atoms with Crippen LogP contribution in [-0.4, -0.2) is 33.4 Å². The molecule has 33 heavy (non-hydrogen) atoms. The van der Waals surface area contributed by atoms with Crippen LogP contribution in [0.1, 0.15) is 45.9 Å². The molecule has 172 valence electrons. The summed E-state index contributed by atoms with van der Waals surface area (Å²) in [5, 5.41) is 9.36. The number of nitrogens with zero attached hydrogens (tertiary/aromatic N) is 4. The Labute approximate surface area is 198 Å². The molecule has 2 heterocycles. The van der Waals surface area contributed by atoms with Crippen molar-refractivity contribution >= 4 is 23.4 Å². The largest absolute Gasteiger partial charge is 0.493 e. The van der Waals surface area contributed by atoms with Gasteiger partial charge in [0.05, 0.1) is 17.9 Å². The van der Waals surface area contributed by atoms with Crippen LogP contribution >= 0.6 is 11.8 Å². The number of hydrogen-bond donors (Lipinski definition) is 0. The van der Waals surface area contributed by atoms with E-state index in [0.717, 1.165) is 16.9 Å². The maximum atomic E-state index is 13.3. The first-order valence-corrected chi connectivity index (χ1v) is 12.2. The van der Waals surface area contributed by atoms with Gasteiger partial charge in [0.2, 0.25) is 23.2 Å². The molecule has 0 spiro atoms. The molecule has 0 saturated heterocycles.